The Morgan fingerprint density at radius 2 is 1.71 bits per heavy atom. The number of urea groups is 1. The minimum absolute atomic E-state index is 0.312. The van der Waals surface area contributed by atoms with Crippen molar-refractivity contribution < 1.29 is 9.53 Å². The molecule has 0 fully saturated rings. The number of nitrogens with one attached hydrogen (secondary N) is 2. The van der Waals surface area contributed by atoms with Gasteiger partial charge in [-0.3, -0.25) is 0 Å². The molecule has 0 unspecified atom stereocenters. The van der Waals surface area contributed by atoms with Crippen LogP contribution in [0.1, 0.15) is 17.0 Å². The number of para-hydroxylation sites is 1. The van der Waals surface area contributed by atoms with Crippen LogP contribution in [0.25, 0.3) is 5.82 Å². The van der Waals surface area contributed by atoms with E-state index in [2.05, 4.69) is 25.7 Å². The van der Waals surface area contributed by atoms with E-state index in [1.807, 2.05) is 51.1 Å². The van der Waals surface area contributed by atoms with E-state index >= 15 is 0 Å². The molecule has 0 aliphatic heterocycles. The number of nitrogens with zero attached hydrogens (tertiary/aromatic N) is 4. The highest BCUT2D eigenvalue weighted by molar-refractivity contribution is 6.00. The van der Waals surface area contributed by atoms with Crippen LogP contribution in [0.4, 0.5) is 16.2 Å². The predicted octanol–water partition coefficient (Wildman–Crippen LogP) is 5.02. The van der Waals surface area contributed by atoms with E-state index in [1.54, 1.807) is 35.0 Å². The Morgan fingerprint density at radius 1 is 0.935 bits per heavy atom. The van der Waals surface area contributed by atoms with Crippen molar-refractivity contribution in [3.05, 3.63) is 83.9 Å². The average molecular weight is 414 g/mol. The summed E-state index contributed by atoms with van der Waals surface area (Å²) in [5.41, 5.74) is 4.28. The van der Waals surface area contributed by atoms with E-state index in [1.165, 1.54) is 6.33 Å². The first kappa shape index (κ1) is 20.1. The van der Waals surface area contributed by atoms with Gasteiger partial charge in [-0.2, -0.15) is 5.10 Å². The number of hydrogen-bond donors (Lipinski definition) is 2. The number of aryl methyl sites for hydroxylation is 3. The topological polar surface area (TPSA) is 94.0 Å². The molecule has 0 saturated heterocycles. The number of benzene rings is 2. The number of aromatic nitrogens is 4. The highest BCUT2D eigenvalue weighted by atomic mass is 16.5. The maximum absolute atomic E-state index is 12.2. The van der Waals surface area contributed by atoms with Crippen LogP contribution in [0.2, 0.25) is 0 Å². The van der Waals surface area contributed by atoms with Gasteiger partial charge in [-0.1, -0.05) is 18.2 Å². The standard InChI is InChI=1S/C23H22N6O2/c1-15-6-4-5-7-20(15)27-23(30)26-18-8-10-19(11-9-18)31-22-13-21(24-14-25-22)29-17(3)12-16(2)28-29/h4-14H,1-3H3,(H2,26,27,30). The lowest BCUT2D eigenvalue weighted by atomic mass is 10.2. The fraction of sp³-hybridized carbons (Fsp3) is 0.130. The van der Waals surface area contributed by atoms with Crippen molar-refractivity contribution in [2.45, 2.75) is 20.8 Å². The van der Waals surface area contributed by atoms with E-state index in [0.717, 1.165) is 22.6 Å². The first-order valence-corrected chi connectivity index (χ1v) is 9.75. The third-order valence-corrected chi connectivity index (χ3v) is 4.58. The molecule has 2 heterocycles. The second kappa shape index (κ2) is 8.66. The first-order valence-electron chi connectivity index (χ1n) is 9.75. The van der Waals surface area contributed by atoms with E-state index in [0.29, 0.717) is 23.1 Å². The van der Waals surface area contributed by atoms with Crippen molar-refractivity contribution in [3.63, 3.8) is 0 Å². The smallest absolute Gasteiger partial charge is 0.323 e. The number of carbonyl (C=O) groups is 1. The SMILES string of the molecule is Cc1cc(C)n(-c2cc(Oc3ccc(NC(=O)Nc4ccccc4C)cc3)ncn2)n1. The van der Waals surface area contributed by atoms with Crippen molar-refractivity contribution in [2.24, 2.45) is 0 Å². The summed E-state index contributed by atoms with van der Waals surface area (Å²) in [6.07, 6.45) is 1.44. The Kier molecular flexibility index (Phi) is 5.61. The molecule has 0 aliphatic carbocycles. The number of carbonyl (C=O) groups excluding carboxylic acids is 1. The quantitative estimate of drug-likeness (QED) is 0.478. The van der Waals surface area contributed by atoms with Gasteiger partial charge in [-0.05, 0) is 62.7 Å². The van der Waals surface area contributed by atoms with Crippen LogP contribution in [0, 0.1) is 20.8 Å². The molecule has 2 aromatic heterocycles. The molecule has 4 rings (SSSR count). The fourth-order valence-electron chi connectivity index (χ4n) is 3.09. The third-order valence-electron chi connectivity index (χ3n) is 4.58. The van der Waals surface area contributed by atoms with E-state index in [4.69, 9.17) is 4.74 Å². The highest BCUT2D eigenvalue weighted by Gasteiger charge is 2.09. The van der Waals surface area contributed by atoms with Crippen molar-refractivity contribution in [1.29, 1.82) is 0 Å². The molecule has 0 bridgehead atoms. The molecule has 0 atom stereocenters. The van der Waals surface area contributed by atoms with Crippen LogP contribution in [0.5, 0.6) is 11.6 Å². The minimum atomic E-state index is -0.312. The van der Waals surface area contributed by atoms with Crippen LogP contribution in [-0.2, 0) is 0 Å². The summed E-state index contributed by atoms with van der Waals surface area (Å²) < 4.78 is 7.58. The van der Waals surface area contributed by atoms with Gasteiger partial charge in [0, 0.05) is 23.1 Å². The van der Waals surface area contributed by atoms with E-state index in [9.17, 15) is 4.79 Å². The molecule has 0 aliphatic rings. The second-order valence-corrected chi connectivity index (χ2v) is 7.07. The van der Waals surface area contributed by atoms with Gasteiger partial charge in [0.1, 0.15) is 12.1 Å². The molecule has 0 radical (unpaired) electrons. The van der Waals surface area contributed by atoms with Gasteiger partial charge in [0.05, 0.1) is 5.69 Å². The molecule has 156 valence electrons. The lowest BCUT2D eigenvalue weighted by molar-refractivity contribution is 0.262. The predicted molar refractivity (Wildman–Crippen MR) is 119 cm³/mol. The molecule has 2 aromatic carbocycles. The van der Waals surface area contributed by atoms with Gasteiger partial charge >= 0.3 is 6.03 Å². The van der Waals surface area contributed by atoms with Crippen molar-refractivity contribution in [3.8, 4) is 17.4 Å². The highest BCUT2D eigenvalue weighted by Crippen LogP contribution is 2.23. The number of rotatable bonds is 5. The van der Waals surface area contributed by atoms with Gasteiger partial charge in [-0.15, -0.1) is 0 Å². The lowest BCUT2D eigenvalue weighted by Crippen LogP contribution is -2.19. The molecule has 8 nitrogen and oxygen atoms in total. The molecule has 8 heteroatoms. The van der Waals surface area contributed by atoms with Crippen LogP contribution < -0.4 is 15.4 Å². The van der Waals surface area contributed by atoms with Gasteiger partial charge in [-0.25, -0.2) is 19.4 Å². The molecular formula is C23H22N6O2. The van der Waals surface area contributed by atoms with Gasteiger partial charge in [0.2, 0.25) is 5.88 Å². The average Bonchev–Trinajstić information content (AvgIpc) is 3.09. The van der Waals surface area contributed by atoms with E-state index in [-0.39, 0.29) is 6.03 Å². The Labute approximate surface area is 179 Å². The molecule has 4 aromatic rings. The van der Waals surface area contributed by atoms with Crippen LogP contribution in [0.15, 0.2) is 67.0 Å². The summed E-state index contributed by atoms with van der Waals surface area (Å²) >= 11 is 0. The van der Waals surface area contributed by atoms with Crippen molar-refractivity contribution in [1.82, 2.24) is 19.7 Å². The summed E-state index contributed by atoms with van der Waals surface area (Å²) in [6, 6.07) is 18.0. The Bertz CT molecular complexity index is 1220. The largest absolute Gasteiger partial charge is 0.439 e. The van der Waals surface area contributed by atoms with Gasteiger partial charge in [0.25, 0.3) is 0 Å². The Balaban J connectivity index is 1.41. The summed E-state index contributed by atoms with van der Waals surface area (Å²) in [5, 5.41) is 10.1. The number of anilines is 2. The zero-order valence-corrected chi connectivity index (χ0v) is 17.5. The van der Waals surface area contributed by atoms with Gasteiger partial charge < -0.3 is 15.4 Å². The summed E-state index contributed by atoms with van der Waals surface area (Å²) in [7, 11) is 0. The van der Waals surface area contributed by atoms with Crippen LogP contribution >= 0.6 is 0 Å². The van der Waals surface area contributed by atoms with E-state index < -0.39 is 0 Å². The molecular weight excluding hydrogens is 392 g/mol. The third kappa shape index (κ3) is 4.87. The minimum Gasteiger partial charge on any atom is -0.439 e. The maximum Gasteiger partial charge on any atom is 0.323 e. The molecule has 2 amide bonds. The zero-order valence-electron chi connectivity index (χ0n) is 17.5. The molecule has 2 N–H and O–H groups in total. The molecule has 0 spiro atoms. The monoisotopic (exact) mass is 414 g/mol. The summed E-state index contributed by atoms with van der Waals surface area (Å²) in [5.74, 6) is 1.61. The Morgan fingerprint density at radius 3 is 2.42 bits per heavy atom. The summed E-state index contributed by atoms with van der Waals surface area (Å²) in [6.45, 7) is 5.83. The number of ether oxygens (including phenoxy) is 1. The van der Waals surface area contributed by atoms with Crippen LogP contribution in [0.3, 0.4) is 0 Å². The second-order valence-electron chi connectivity index (χ2n) is 7.07. The number of hydrogen-bond acceptors (Lipinski definition) is 5. The maximum atomic E-state index is 12.2. The normalized spacial score (nSPS) is 10.5. The van der Waals surface area contributed by atoms with Crippen molar-refractivity contribution >= 4 is 17.4 Å². The van der Waals surface area contributed by atoms with Crippen molar-refractivity contribution in [2.75, 3.05) is 10.6 Å². The Hall–Kier alpha value is -4.20. The molecule has 31 heavy (non-hydrogen) atoms. The zero-order chi connectivity index (χ0) is 21.8. The first-order chi connectivity index (χ1) is 15.0. The lowest BCUT2D eigenvalue weighted by Gasteiger charge is -2.10. The van der Waals surface area contributed by atoms with Crippen LogP contribution in [-0.4, -0.2) is 25.8 Å². The molecule has 0 saturated carbocycles. The number of amides is 2. The fourth-order valence-corrected chi connectivity index (χ4v) is 3.09. The summed E-state index contributed by atoms with van der Waals surface area (Å²) in [4.78, 5) is 20.7. The van der Waals surface area contributed by atoms with Gasteiger partial charge in [0.15, 0.2) is 5.82 Å².